The van der Waals surface area contributed by atoms with Crippen LogP contribution in [0.2, 0.25) is 0 Å². The van der Waals surface area contributed by atoms with E-state index in [2.05, 4.69) is 30.5 Å². The normalized spacial score (nSPS) is 14.9. The van der Waals surface area contributed by atoms with Gasteiger partial charge < -0.3 is 15.5 Å². The summed E-state index contributed by atoms with van der Waals surface area (Å²) < 4.78 is 0. The molecule has 0 bridgehead atoms. The average Bonchev–Trinajstić information content (AvgIpc) is 2.63. The molecule has 1 fully saturated rings. The van der Waals surface area contributed by atoms with E-state index in [1.807, 2.05) is 0 Å². The van der Waals surface area contributed by atoms with Gasteiger partial charge in [0.05, 0.1) is 4.92 Å². The smallest absolute Gasteiger partial charge is 0.353 e. The Balaban J connectivity index is 1.70. The van der Waals surface area contributed by atoms with Crippen molar-refractivity contribution in [2.75, 3.05) is 36.8 Å². The Hall–Kier alpha value is -2.81. The molecule has 1 aliphatic rings. The molecule has 2 N–H and O–H groups in total. The van der Waals surface area contributed by atoms with Crippen molar-refractivity contribution < 1.29 is 4.92 Å². The highest BCUT2D eigenvalue weighted by molar-refractivity contribution is 5.73. The first-order valence-corrected chi connectivity index (χ1v) is 8.37. The van der Waals surface area contributed by atoms with E-state index < -0.39 is 4.92 Å². The van der Waals surface area contributed by atoms with Gasteiger partial charge in [-0.2, -0.15) is 0 Å². The summed E-state index contributed by atoms with van der Waals surface area (Å²) in [5.41, 5.74) is 0.522. The Bertz CT molecular complexity index is 705. The predicted octanol–water partition coefficient (Wildman–Crippen LogP) is 2.42. The van der Waals surface area contributed by atoms with Gasteiger partial charge >= 0.3 is 5.69 Å². The van der Waals surface area contributed by atoms with E-state index in [9.17, 15) is 10.1 Å². The van der Waals surface area contributed by atoms with Crippen molar-refractivity contribution in [2.45, 2.75) is 19.3 Å². The van der Waals surface area contributed by atoms with Crippen LogP contribution in [-0.4, -0.2) is 51.0 Å². The Kier molecular flexibility index (Phi) is 5.68. The zero-order valence-corrected chi connectivity index (χ0v) is 13.9. The molecule has 0 saturated carbocycles. The van der Waals surface area contributed by atoms with E-state index in [0.29, 0.717) is 12.2 Å². The molecule has 0 radical (unpaired) electrons. The van der Waals surface area contributed by atoms with E-state index in [0.717, 1.165) is 19.6 Å². The molecule has 3 rings (SSSR count). The number of likely N-dealkylation sites (tertiary alicyclic amines) is 1. The molecule has 9 heteroatoms. The summed E-state index contributed by atoms with van der Waals surface area (Å²) in [6.45, 7) is 3.62. The lowest BCUT2D eigenvalue weighted by molar-refractivity contribution is -0.383. The molecule has 2 aromatic rings. The van der Waals surface area contributed by atoms with Crippen LogP contribution in [0.3, 0.4) is 0 Å². The van der Waals surface area contributed by atoms with Crippen molar-refractivity contribution in [3.63, 3.8) is 0 Å². The summed E-state index contributed by atoms with van der Waals surface area (Å²) in [7, 11) is 0. The minimum atomic E-state index is -0.466. The van der Waals surface area contributed by atoms with Gasteiger partial charge in [-0.1, -0.05) is 6.42 Å². The minimum Gasteiger partial charge on any atom is -0.363 e. The number of nitrogens with zero attached hydrogens (tertiary/aromatic N) is 5. The van der Waals surface area contributed by atoms with Crippen LogP contribution >= 0.6 is 0 Å². The van der Waals surface area contributed by atoms with Crippen LogP contribution in [0.1, 0.15) is 19.3 Å². The summed E-state index contributed by atoms with van der Waals surface area (Å²) in [5, 5.41) is 17.6. The van der Waals surface area contributed by atoms with Crippen LogP contribution in [0.25, 0.3) is 0 Å². The highest BCUT2D eigenvalue weighted by atomic mass is 16.6. The van der Waals surface area contributed by atoms with Gasteiger partial charge in [0, 0.05) is 31.2 Å². The number of nitro groups is 1. The quantitative estimate of drug-likeness (QED) is 0.583. The van der Waals surface area contributed by atoms with Crippen molar-refractivity contribution in [2.24, 2.45) is 0 Å². The van der Waals surface area contributed by atoms with Crippen molar-refractivity contribution in [1.82, 2.24) is 19.9 Å². The largest absolute Gasteiger partial charge is 0.363 e. The lowest BCUT2D eigenvalue weighted by atomic mass is 10.1. The van der Waals surface area contributed by atoms with Crippen LogP contribution < -0.4 is 10.6 Å². The van der Waals surface area contributed by atoms with Crippen LogP contribution in [-0.2, 0) is 0 Å². The molecule has 1 saturated heterocycles. The molecule has 9 nitrogen and oxygen atoms in total. The summed E-state index contributed by atoms with van der Waals surface area (Å²) in [4.78, 5) is 25.4. The van der Waals surface area contributed by atoms with Crippen LogP contribution in [0.5, 0.6) is 0 Å². The average molecular weight is 343 g/mol. The molecule has 25 heavy (non-hydrogen) atoms. The van der Waals surface area contributed by atoms with Crippen molar-refractivity contribution in [3.8, 4) is 0 Å². The predicted molar refractivity (Wildman–Crippen MR) is 95.0 cm³/mol. The number of hydrogen-bond acceptors (Lipinski definition) is 8. The van der Waals surface area contributed by atoms with Crippen LogP contribution in [0.15, 0.2) is 30.9 Å². The molecule has 0 amide bonds. The maximum absolute atomic E-state index is 11.5. The monoisotopic (exact) mass is 343 g/mol. The fraction of sp³-hybridized carbons (Fsp3) is 0.438. The number of nitrogens with one attached hydrogen (secondary N) is 2. The molecular formula is C16H21N7O2. The fourth-order valence-corrected chi connectivity index (χ4v) is 2.86. The second kappa shape index (κ2) is 8.34. The van der Waals surface area contributed by atoms with Gasteiger partial charge in [0.2, 0.25) is 11.6 Å². The standard InChI is InChI=1S/C16H21N7O2/c24-23(25)14-15(18-8-11-22-9-2-1-3-10-22)19-12-20-16(14)21-13-4-6-17-7-5-13/h4-7,12H,1-3,8-11H2,(H2,17,18,19,20,21). The van der Waals surface area contributed by atoms with Gasteiger partial charge in [0.1, 0.15) is 6.33 Å². The van der Waals surface area contributed by atoms with Crippen molar-refractivity contribution in [1.29, 1.82) is 0 Å². The summed E-state index contributed by atoms with van der Waals surface area (Å²) in [6.07, 6.45) is 8.24. The Morgan fingerprint density at radius 1 is 1.12 bits per heavy atom. The fourth-order valence-electron chi connectivity index (χ4n) is 2.86. The van der Waals surface area contributed by atoms with Crippen molar-refractivity contribution in [3.05, 3.63) is 41.0 Å². The number of hydrogen-bond donors (Lipinski definition) is 2. The SMILES string of the molecule is O=[N+]([O-])c1c(NCCN2CCCCC2)ncnc1Nc1ccncc1. The van der Waals surface area contributed by atoms with Gasteiger partial charge in [-0.3, -0.25) is 15.1 Å². The minimum absolute atomic E-state index is 0.155. The third kappa shape index (κ3) is 4.60. The van der Waals surface area contributed by atoms with Gasteiger partial charge in [0.15, 0.2) is 0 Å². The number of anilines is 3. The molecule has 1 aliphatic heterocycles. The third-order valence-corrected chi connectivity index (χ3v) is 4.12. The third-order valence-electron chi connectivity index (χ3n) is 4.12. The van der Waals surface area contributed by atoms with Gasteiger partial charge in [0.25, 0.3) is 0 Å². The topological polar surface area (TPSA) is 109 Å². The first-order chi connectivity index (χ1) is 12.2. The van der Waals surface area contributed by atoms with Gasteiger partial charge in [-0.05, 0) is 38.1 Å². The first kappa shape index (κ1) is 17.0. The Morgan fingerprint density at radius 2 is 1.84 bits per heavy atom. The molecule has 2 aromatic heterocycles. The second-order valence-corrected chi connectivity index (χ2v) is 5.87. The van der Waals surface area contributed by atoms with E-state index in [-0.39, 0.29) is 17.3 Å². The van der Waals surface area contributed by atoms with E-state index in [1.165, 1.54) is 25.6 Å². The second-order valence-electron chi connectivity index (χ2n) is 5.87. The molecule has 132 valence electrons. The Morgan fingerprint density at radius 3 is 2.56 bits per heavy atom. The molecule has 0 unspecified atom stereocenters. The van der Waals surface area contributed by atoms with Gasteiger partial charge in [-0.15, -0.1) is 0 Å². The van der Waals surface area contributed by atoms with Crippen LogP contribution in [0.4, 0.5) is 23.0 Å². The summed E-state index contributed by atoms with van der Waals surface area (Å²) in [6, 6.07) is 3.44. The van der Waals surface area contributed by atoms with Gasteiger partial charge in [-0.25, -0.2) is 9.97 Å². The zero-order chi connectivity index (χ0) is 17.5. The summed E-state index contributed by atoms with van der Waals surface area (Å²) >= 11 is 0. The van der Waals surface area contributed by atoms with Crippen LogP contribution in [0, 0.1) is 10.1 Å². The molecule has 0 aromatic carbocycles. The summed E-state index contributed by atoms with van der Waals surface area (Å²) in [5.74, 6) is 0.389. The number of aromatic nitrogens is 3. The lowest BCUT2D eigenvalue weighted by Crippen LogP contribution is -2.33. The zero-order valence-electron chi connectivity index (χ0n) is 13.9. The maximum Gasteiger partial charge on any atom is 0.353 e. The van der Waals surface area contributed by atoms with E-state index in [4.69, 9.17) is 0 Å². The highest BCUT2D eigenvalue weighted by Crippen LogP contribution is 2.30. The highest BCUT2D eigenvalue weighted by Gasteiger charge is 2.23. The molecule has 0 spiro atoms. The van der Waals surface area contributed by atoms with E-state index >= 15 is 0 Å². The number of piperidine rings is 1. The number of rotatable bonds is 7. The number of pyridine rings is 1. The molecule has 3 heterocycles. The van der Waals surface area contributed by atoms with E-state index in [1.54, 1.807) is 24.5 Å². The molecule has 0 aliphatic carbocycles. The maximum atomic E-state index is 11.5. The molecular weight excluding hydrogens is 322 g/mol. The Labute approximate surface area is 145 Å². The molecule has 0 atom stereocenters. The first-order valence-electron chi connectivity index (χ1n) is 8.37. The van der Waals surface area contributed by atoms with Crippen molar-refractivity contribution >= 4 is 23.0 Å². The lowest BCUT2D eigenvalue weighted by Gasteiger charge is -2.26.